The number of pyridine rings is 2. The Morgan fingerprint density at radius 1 is 1.45 bits per heavy atom. The molecule has 2 rings (SSSR count). The molecule has 116 valence electrons. The number of hydrogen-bond donors (Lipinski definition) is 2. The number of carbonyl (C=O) groups excluding carboxylic acids is 1. The Bertz CT molecular complexity index is 680. The molecule has 0 saturated carbocycles. The molecular formula is C15H17ClN4O2. The number of aromatic nitrogens is 2. The maximum absolute atomic E-state index is 11.2. The van der Waals surface area contributed by atoms with Crippen LogP contribution in [0.1, 0.15) is 12.5 Å². The van der Waals surface area contributed by atoms with Crippen LogP contribution in [0.3, 0.4) is 0 Å². The van der Waals surface area contributed by atoms with Crippen LogP contribution in [0.5, 0.6) is 0 Å². The predicted octanol–water partition coefficient (Wildman–Crippen LogP) is 1.66. The van der Waals surface area contributed by atoms with Gasteiger partial charge in [0.1, 0.15) is 10.6 Å². The van der Waals surface area contributed by atoms with Gasteiger partial charge >= 0.3 is 0 Å². The minimum absolute atomic E-state index is 0.250. The lowest BCUT2D eigenvalue weighted by Crippen LogP contribution is -2.22. The van der Waals surface area contributed by atoms with Gasteiger partial charge in [-0.15, -0.1) is 0 Å². The van der Waals surface area contributed by atoms with E-state index in [9.17, 15) is 4.79 Å². The Morgan fingerprint density at radius 3 is 2.77 bits per heavy atom. The first-order chi connectivity index (χ1) is 10.6. The van der Waals surface area contributed by atoms with Crippen molar-refractivity contribution in [3.63, 3.8) is 0 Å². The SMILES string of the molecule is CCO.N=CC(=O)N=c1ccccn1Cc1ccc(Cl)nc1. The highest BCUT2D eigenvalue weighted by Crippen LogP contribution is 2.05. The molecule has 0 aliphatic rings. The molecule has 2 heterocycles. The van der Waals surface area contributed by atoms with Crippen molar-refractivity contribution < 1.29 is 9.90 Å². The summed E-state index contributed by atoms with van der Waals surface area (Å²) >= 11 is 5.73. The molecule has 7 heteroatoms. The summed E-state index contributed by atoms with van der Waals surface area (Å²) in [6, 6.07) is 8.91. The van der Waals surface area contributed by atoms with E-state index in [0.717, 1.165) is 5.56 Å². The van der Waals surface area contributed by atoms with Crippen molar-refractivity contribution in [1.82, 2.24) is 9.55 Å². The van der Waals surface area contributed by atoms with Gasteiger partial charge in [-0.2, -0.15) is 4.99 Å². The van der Waals surface area contributed by atoms with Gasteiger partial charge in [-0.25, -0.2) is 4.98 Å². The van der Waals surface area contributed by atoms with E-state index in [1.165, 1.54) is 0 Å². The zero-order chi connectivity index (χ0) is 16.4. The van der Waals surface area contributed by atoms with Gasteiger partial charge in [0.05, 0.1) is 12.8 Å². The maximum Gasteiger partial charge on any atom is 0.289 e. The average molecular weight is 321 g/mol. The van der Waals surface area contributed by atoms with Crippen LogP contribution in [0, 0.1) is 5.41 Å². The monoisotopic (exact) mass is 320 g/mol. The minimum atomic E-state index is -0.589. The van der Waals surface area contributed by atoms with Crippen molar-refractivity contribution in [3.05, 3.63) is 58.9 Å². The van der Waals surface area contributed by atoms with Crippen molar-refractivity contribution in [2.75, 3.05) is 6.61 Å². The molecule has 0 spiro atoms. The number of nitrogens with one attached hydrogen (secondary N) is 1. The zero-order valence-electron chi connectivity index (χ0n) is 12.1. The molecule has 0 fully saturated rings. The second-order valence-corrected chi connectivity index (χ2v) is 4.47. The van der Waals surface area contributed by atoms with Gasteiger partial charge in [-0.05, 0) is 30.7 Å². The van der Waals surface area contributed by atoms with E-state index in [-0.39, 0.29) is 6.61 Å². The molecule has 0 aliphatic heterocycles. The summed E-state index contributed by atoms with van der Waals surface area (Å²) in [4.78, 5) is 19.0. The molecule has 22 heavy (non-hydrogen) atoms. The van der Waals surface area contributed by atoms with E-state index >= 15 is 0 Å². The zero-order valence-corrected chi connectivity index (χ0v) is 12.9. The van der Waals surface area contributed by atoms with Gasteiger partial charge in [0.25, 0.3) is 5.91 Å². The van der Waals surface area contributed by atoms with Gasteiger partial charge in [0.2, 0.25) is 0 Å². The molecule has 6 nitrogen and oxygen atoms in total. The molecule has 0 radical (unpaired) electrons. The van der Waals surface area contributed by atoms with Crippen molar-refractivity contribution in [2.24, 2.45) is 4.99 Å². The minimum Gasteiger partial charge on any atom is -0.397 e. The summed E-state index contributed by atoms with van der Waals surface area (Å²) < 4.78 is 1.80. The summed E-state index contributed by atoms with van der Waals surface area (Å²) in [6.45, 7) is 2.45. The van der Waals surface area contributed by atoms with Crippen LogP contribution in [0.15, 0.2) is 47.7 Å². The number of halogens is 1. The van der Waals surface area contributed by atoms with E-state index in [1.54, 1.807) is 35.9 Å². The van der Waals surface area contributed by atoms with Crippen LogP contribution in [0.4, 0.5) is 0 Å². The van der Waals surface area contributed by atoms with E-state index < -0.39 is 5.91 Å². The van der Waals surface area contributed by atoms with Gasteiger partial charge in [0, 0.05) is 19.0 Å². The smallest absolute Gasteiger partial charge is 0.289 e. The standard InChI is InChI=1S/C13H11ClN4O.C2H6O/c14-11-5-4-10(8-16-11)9-18-6-2-1-3-12(18)17-13(19)7-15;1-2-3/h1-8,15H,9H2;3H,2H2,1H3. The Hall–Kier alpha value is -2.31. The van der Waals surface area contributed by atoms with Crippen molar-refractivity contribution >= 4 is 23.7 Å². The Morgan fingerprint density at radius 2 is 2.18 bits per heavy atom. The maximum atomic E-state index is 11.2. The summed E-state index contributed by atoms with van der Waals surface area (Å²) in [5.74, 6) is -0.589. The Labute approximate surface area is 133 Å². The molecule has 0 aliphatic carbocycles. The Balaban J connectivity index is 0.000000745. The van der Waals surface area contributed by atoms with Gasteiger partial charge in [0.15, 0.2) is 0 Å². The van der Waals surface area contributed by atoms with E-state index in [2.05, 4.69) is 9.98 Å². The lowest BCUT2D eigenvalue weighted by molar-refractivity contribution is -0.111. The molecule has 0 aromatic carbocycles. The normalized spacial score (nSPS) is 10.6. The fourth-order valence-electron chi connectivity index (χ4n) is 1.54. The first-order valence-corrected chi connectivity index (χ1v) is 6.94. The molecular weight excluding hydrogens is 304 g/mol. The van der Waals surface area contributed by atoms with Gasteiger partial charge in [-0.1, -0.05) is 23.7 Å². The molecule has 0 unspecified atom stereocenters. The highest BCUT2D eigenvalue weighted by Gasteiger charge is 1.98. The van der Waals surface area contributed by atoms with Crippen LogP contribution in [-0.2, 0) is 11.3 Å². The van der Waals surface area contributed by atoms with Crippen molar-refractivity contribution in [2.45, 2.75) is 13.5 Å². The second-order valence-electron chi connectivity index (χ2n) is 4.09. The van der Waals surface area contributed by atoms with Crippen LogP contribution >= 0.6 is 11.6 Å². The Kier molecular flexibility index (Phi) is 7.74. The third kappa shape index (κ3) is 5.99. The number of aliphatic hydroxyl groups is 1. The molecule has 0 saturated heterocycles. The van der Waals surface area contributed by atoms with Crippen LogP contribution in [0.2, 0.25) is 5.15 Å². The number of hydrogen-bond acceptors (Lipinski definition) is 4. The summed E-state index contributed by atoms with van der Waals surface area (Å²) in [5, 5.41) is 14.9. The highest BCUT2D eigenvalue weighted by atomic mass is 35.5. The fraction of sp³-hybridized carbons (Fsp3) is 0.200. The molecule has 2 aromatic heterocycles. The van der Waals surface area contributed by atoms with E-state index in [1.807, 2.05) is 18.3 Å². The average Bonchev–Trinajstić information content (AvgIpc) is 2.52. The predicted molar refractivity (Wildman–Crippen MR) is 84.9 cm³/mol. The van der Waals surface area contributed by atoms with E-state index in [0.29, 0.717) is 23.4 Å². The largest absolute Gasteiger partial charge is 0.397 e. The lowest BCUT2D eigenvalue weighted by atomic mass is 10.3. The first kappa shape index (κ1) is 17.7. The number of amides is 1. The third-order valence-electron chi connectivity index (χ3n) is 2.41. The lowest BCUT2D eigenvalue weighted by Gasteiger charge is -2.06. The highest BCUT2D eigenvalue weighted by molar-refractivity contribution is 6.29. The summed E-state index contributed by atoms with van der Waals surface area (Å²) in [6.07, 6.45) is 4.16. The topological polar surface area (TPSA) is 91.3 Å². The fourth-order valence-corrected chi connectivity index (χ4v) is 1.66. The van der Waals surface area contributed by atoms with E-state index in [4.69, 9.17) is 22.1 Å². The van der Waals surface area contributed by atoms with Gasteiger partial charge in [-0.3, -0.25) is 4.79 Å². The number of nitrogens with zero attached hydrogens (tertiary/aromatic N) is 3. The molecule has 2 N–H and O–H groups in total. The van der Waals surface area contributed by atoms with Crippen LogP contribution < -0.4 is 5.49 Å². The summed E-state index contributed by atoms with van der Waals surface area (Å²) in [5.41, 5.74) is 1.44. The number of carbonyl (C=O) groups is 1. The van der Waals surface area contributed by atoms with Gasteiger partial charge < -0.3 is 15.1 Å². The van der Waals surface area contributed by atoms with Crippen LogP contribution in [-0.4, -0.2) is 33.4 Å². The van der Waals surface area contributed by atoms with Crippen molar-refractivity contribution in [1.29, 1.82) is 5.41 Å². The van der Waals surface area contributed by atoms with Crippen LogP contribution in [0.25, 0.3) is 0 Å². The summed E-state index contributed by atoms with van der Waals surface area (Å²) in [7, 11) is 0. The number of aliphatic hydroxyl groups excluding tert-OH is 1. The van der Waals surface area contributed by atoms with Crippen molar-refractivity contribution in [3.8, 4) is 0 Å². The molecule has 0 atom stereocenters. The molecule has 1 amide bonds. The quantitative estimate of drug-likeness (QED) is 0.665. The number of rotatable bonds is 3. The third-order valence-corrected chi connectivity index (χ3v) is 2.63. The first-order valence-electron chi connectivity index (χ1n) is 6.56. The second kappa shape index (κ2) is 9.59. The molecule has 0 bridgehead atoms. The molecule has 2 aromatic rings.